The van der Waals surface area contributed by atoms with Gasteiger partial charge >= 0.3 is 0 Å². The van der Waals surface area contributed by atoms with Crippen LogP contribution in [-0.2, 0) is 6.54 Å². The summed E-state index contributed by atoms with van der Waals surface area (Å²) in [6.07, 6.45) is 1.21. The molecule has 0 aromatic carbocycles. The highest BCUT2D eigenvalue weighted by Gasteiger charge is 2.26. The fourth-order valence-corrected chi connectivity index (χ4v) is 2.52. The molecule has 18 heavy (non-hydrogen) atoms. The second-order valence-corrected chi connectivity index (χ2v) is 5.75. The van der Waals surface area contributed by atoms with Gasteiger partial charge < -0.3 is 9.84 Å². The number of aromatic nitrogens is 2. The number of rotatable bonds is 4. The first kappa shape index (κ1) is 13.5. The monoisotopic (exact) mass is 252 g/mol. The SMILES string of the molecule is Cc1noc(CN2CC(CC(C)C)NCC2C)n1. The number of hydrogen-bond donors (Lipinski definition) is 1. The molecule has 0 saturated carbocycles. The largest absolute Gasteiger partial charge is 0.338 e. The van der Waals surface area contributed by atoms with Gasteiger partial charge in [-0.25, -0.2) is 0 Å². The first-order valence-corrected chi connectivity index (χ1v) is 6.81. The molecule has 2 heterocycles. The molecule has 0 spiro atoms. The number of aryl methyl sites for hydroxylation is 1. The zero-order valence-electron chi connectivity index (χ0n) is 11.8. The average Bonchev–Trinajstić information content (AvgIpc) is 2.68. The fourth-order valence-electron chi connectivity index (χ4n) is 2.52. The molecule has 1 aromatic rings. The third kappa shape index (κ3) is 3.53. The van der Waals surface area contributed by atoms with Crippen LogP contribution in [0, 0.1) is 12.8 Å². The summed E-state index contributed by atoms with van der Waals surface area (Å²) in [5.41, 5.74) is 0. The van der Waals surface area contributed by atoms with E-state index in [0.717, 1.165) is 31.4 Å². The van der Waals surface area contributed by atoms with Crippen molar-refractivity contribution in [1.29, 1.82) is 0 Å². The van der Waals surface area contributed by atoms with Gasteiger partial charge in [0.1, 0.15) is 0 Å². The third-order valence-electron chi connectivity index (χ3n) is 3.44. The van der Waals surface area contributed by atoms with E-state index >= 15 is 0 Å². The standard InChI is InChI=1S/C13H24N4O/c1-9(2)5-12-7-17(10(3)6-14-12)8-13-15-11(4)16-18-13/h9-10,12,14H,5-8H2,1-4H3. The molecule has 0 amide bonds. The first-order valence-electron chi connectivity index (χ1n) is 6.81. The van der Waals surface area contributed by atoms with E-state index in [9.17, 15) is 0 Å². The Labute approximate surface area is 109 Å². The van der Waals surface area contributed by atoms with E-state index in [4.69, 9.17) is 4.52 Å². The van der Waals surface area contributed by atoms with Crippen LogP contribution in [0.1, 0.15) is 38.9 Å². The van der Waals surface area contributed by atoms with Crippen LogP contribution in [0.4, 0.5) is 0 Å². The number of nitrogens with one attached hydrogen (secondary N) is 1. The Bertz CT molecular complexity index is 377. The Morgan fingerprint density at radius 1 is 1.50 bits per heavy atom. The summed E-state index contributed by atoms with van der Waals surface area (Å²) in [5, 5.41) is 7.46. The van der Waals surface area contributed by atoms with Crippen molar-refractivity contribution >= 4 is 0 Å². The second kappa shape index (κ2) is 5.80. The van der Waals surface area contributed by atoms with Crippen molar-refractivity contribution < 1.29 is 4.52 Å². The molecular weight excluding hydrogens is 228 g/mol. The van der Waals surface area contributed by atoms with Crippen LogP contribution in [0.5, 0.6) is 0 Å². The lowest BCUT2D eigenvalue weighted by Crippen LogP contribution is -2.55. The van der Waals surface area contributed by atoms with E-state index in [2.05, 4.69) is 41.1 Å². The average molecular weight is 252 g/mol. The molecule has 0 radical (unpaired) electrons. The summed E-state index contributed by atoms with van der Waals surface area (Å²) in [6, 6.07) is 1.09. The topological polar surface area (TPSA) is 54.2 Å². The Morgan fingerprint density at radius 3 is 2.89 bits per heavy atom. The summed E-state index contributed by atoms with van der Waals surface area (Å²) in [4.78, 5) is 6.71. The van der Waals surface area contributed by atoms with Crippen molar-refractivity contribution in [2.45, 2.75) is 52.7 Å². The minimum Gasteiger partial charge on any atom is -0.338 e. The highest BCUT2D eigenvalue weighted by molar-refractivity contribution is 4.89. The van der Waals surface area contributed by atoms with Crippen LogP contribution < -0.4 is 5.32 Å². The Hall–Kier alpha value is -0.940. The van der Waals surface area contributed by atoms with E-state index in [0.29, 0.717) is 17.9 Å². The molecule has 0 bridgehead atoms. The predicted molar refractivity (Wildman–Crippen MR) is 70.2 cm³/mol. The number of piperazine rings is 1. The second-order valence-electron chi connectivity index (χ2n) is 5.75. The molecule has 102 valence electrons. The maximum Gasteiger partial charge on any atom is 0.240 e. The quantitative estimate of drug-likeness (QED) is 0.882. The Balaban J connectivity index is 1.93. The maximum absolute atomic E-state index is 5.21. The van der Waals surface area contributed by atoms with Gasteiger partial charge in [0, 0.05) is 25.2 Å². The summed E-state index contributed by atoms with van der Waals surface area (Å²) in [6.45, 7) is 11.5. The molecule has 1 aliphatic rings. The predicted octanol–water partition coefficient (Wildman–Crippen LogP) is 1.59. The van der Waals surface area contributed by atoms with E-state index < -0.39 is 0 Å². The molecule has 5 heteroatoms. The zero-order valence-corrected chi connectivity index (χ0v) is 11.8. The Morgan fingerprint density at radius 2 is 2.28 bits per heavy atom. The molecule has 1 aromatic heterocycles. The lowest BCUT2D eigenvalue weighted by molar-refractivity contribution is 0.111. The van der Waals surface area contributed by atoms with E-state index in [-0.39, 0.29) is 0 Å². The molecule has 2 rings (SSSR count). The number of hydrogen-bond acceptors (Lipinski definition) is 5. The van der Waals surface area contributed by atoms with Crippen LogP contribution in [0.3, 0.4) is 0 Å². The highest BCUT2D eigenvalue weighted by atomic mass is 16.5. The number of nitrogens with zero attached hydrogens (tertiary/aromatic N) is 3. The lowest BCUT2D eigenvalue weighted by Gasteiger charge is -2.38. The molecular formula is C13H24N4O. The zero-order chi connectivity index (χ0) is 13.1. The fraction of sp³-hybridized carbons (Fsp3) is 0.846. The summed E-state index contributed by atoms with van der Waals surface area (Å²) in [5.74, 6) is 2.17. The van der Waals surface area contributed by atoms with Crippen molar-refractivity contribution in [2.75, 3.05) is 13.1 Å². The van der Waals surface area contributed by atoms with Crippen LogP contribution >= 0.6 is 0 Å². The molecule has 5 nitrogen and oxygen atoms in total. The summed E-state index contributed by atoms with van der Waals surface area (Å²) in [7, 11) is 0. The Kier molecular flexibility index (Phi) is 4.35. The van der Waals surface area contributed by atoms with Gasteiger partial charge in [-0.2, -0.15) is 4.98 Å². The van der Waals surface area contributed by atoms with E-state index in [1.165, 1.54) is 6.42 Å². The van der Waals surface area contributed by atoms with E-state index in [1.807, 2.05) is 6.92 Å². The first-order chi connectivity index (χ1) is 8.54. The third-order valence-corrected chi connectivity index (χ3v) is 3.44. The van der Waals surface area contributed by atoms with Gasteiger partial charge in [-0.1, -0.05) is 19.0 Å². The maximum atomic E-state index is 5.21. The molecule has 1 saturated heterocycles. The van der Waals surface area contributed by atoms with Crippen molar-refractivity contribution in [3.05, 3.63) is 11.7 Å². The van der Waals surface area contributed by atoms with Crippen molar-refractivity contribution in [3.8, 4) is 0 Å². The smallest absolute Gasteiger partial charge is 0.240 e. The minimum atomic E-state index is 0.514. The van der Waals surface area contributed by atoms with Crippen molar-refractivity contribution in [2.24, 2.45) is 5.92 Å². The van der Waals surface area contributed by atoms with Crippen LogP contribution in [-0.4, -0.2) is 40.2 Å². The molecule has 1 fully saturated rings. The van der Waals surface area contributed by atoms with Crippen molar-refractivity contribution in [1.82, 2.24) is 20.4 Å². The van der Waals surface area contributed by atoms with Crippen molar-refractivity contribution in [3.63, 3.8) is 0 Å². The van der Waals surface area contributed by atoms with Crippen LogP contribution in [0.2, 0.25) is 0 Å². The molecule has 0 aliphatic carbocycles. The van der Waals surface area contributed by atoms with Crippen LogP contribution in [0.15, 0.2) is 4.52 Å². The van der Waals surface area contributed by atoms with Gasteiger partial charge in [0.05, 0.1) is 6.54 Å². The minimum absolute atomic E-state index is 0.514. The molecule has 2 atom stereocenters. The summed E-state index contributed by atoms with van der Waals surface area (Å²) < 4.78 is 5.21. The van der Waals surface area contributed by atoms with Gasteiger partial charge in [-0.15, -0.1) is 0 Å². The normalized spacial score (nSPS) is 25.8. The van der Waals surface area contributed by atoms with E-state index in [1.54, 1.807) is 0 Å². The lowest BCUT2D eigenvalue weighted by atomic mass is 10.0. The molecule has 2 unspecified atom stereocenters. The van der Waals surface area contributed by atoms with Gasteiger partial charge in [0.2, 0.25) is 5.89 Å². The summed E-state index contributed by atoms with van der Waals surface area (Å²) >= 11 is 0. The van der Waals surface area contributed by atoms with Crippen LogP contribution in [0.25, 0.3) is 0 Å². The van der Waals surface area contributed by atoms with Gasteiger partial charge in [-0.3, -0.25) is 4.90 Å². The highest BCUT2D eigenvalue weighted by Crippen LogP contribution is 2.15. The van der Waals surface area contributed by atoms with Gasteiger partial charge in [0.25, 0.3) is 0 Å². The van der Waals surface area contributed by atoms with Gasteiger partial charge in [0.15, 0.2) is 5.82 Å². The van der Waals surface area contributed by atoms with Gasteiger partial charge in [-0.05, 0) is 26.2 Å². The molecule has 1 N–H and O–H groups in total. The molecule has 1 aliphatic heterocycles.